The molecular formula is C19H25N3O3S. The van der Waals surface area contributed by atoms with Crippen molar-refractivity contribution in [1.82, 2.24) is 14.9 Å². The van der Waals surface area contributed by atoms with Gasteiger partial charge in [0, 0.05) is 12.1 Å². The van der Waals surface area contributed by atoms with E-state index in [-0.39, 0.29) is 28.9 Å². The first kappa shape index (κ1) is 18.9. The van der Waals surface area contributed by atoms with Gasteiger partial charge in [-0.05, 0) is 45.7 Å². The van der Waals surface area contributed by atoms with Crippen molar-refractivity contribution in [2.75, 3.05) is 12.4 Å². The van der Waals surface area contributed by atoms with E-state index < -0.39 is 0 Å². The molecule has 1 aromatic heterocycles. The minimum atomic E-state index is -0.286. The number of carbonyl (C=O) groups is 1. The van der Waals surface area contributed by atoms with Crippen molar-refractivity contribution in [3.05, 3.63) is 34.6 Å². The molecule has 1 amide bonds. The third kappa shape index (κ3) is 4.65. The monoisotopic (exact) mass is 375 g/mol. The fraction of sp³-hybridized carbons (Fsp3) is 0.526. The topological polar surface area (TPSA) is 73.2 Å². The molecule has 1 atom stereocenters. The highest BCUT2D eigenvalue weighted by atomic mass is 32.2. The molecule has 1 N–H and O–H groups in total. The molecular weight excluding hydrogens is 350 g/mol. The van der Waals surface area contributed by atoms with Gasteiger partial charge in [0.2, 0.25) is 5.91 Å². The quantitative estimate of drug-likeness (QED) is 0.642. The van der Waals surface area contributed by atoms with Crippen molar-refractivity contribution in [3.8, 4) is 0 Å². The van der Waals surface area contributed by atoms with Gasteiger partial charge in [0.1, 0.15) is 0 Å². The van der Waals surface area contributed by atoms with Crippen molar-refractivity contribution in [2.45, 2.75) is 57.0 Å². The molecule has 1 fully saturated rings. The van der Waals surface area contributed by atoms with Crippen LogP contribution in [0.2, 0.25) is 0 Å². The first-order chi connectivity index (χ1) is 12.3. The summed E-state index contributed by atoms with van der Waals surface area (Å²) in [5.41, 5.74) is 0.288. The Labute approximate surface area is 157 Å². The number of aromatic nitrogens is 2. The number of nitrogens with zero attached hydrogens (tertiary/aromatic N) is 2. The zero-order chi connectivity index (χ0) is 18.7. The van der Waals surface area contributed by atoms with E-state index in [9.17, 15) is 9.59 Å². The molecule has 0 bridgehead atoms. The van der Waals surface area contributed by atoms with Crippen LogP contribution >= 0.6 is 11.8 Å². The van der Waals surface area contributed by atoms with Crippen LogP contribution in [0, 0.1) is 0 Å². The van der Waals surface area contributed by atoms with E-state index in [1.54, 1.807) is 10.6 Å². The van der Waals surface area contributed by atoms with Crippen molar-refractivity contribution >= 4 is 28.6 Å². The minimum absolute atomic E-state index is 0.0263. The molecule has 7 heteroatoms. The zero-order valence-electron chi connectivity index (χ0n) is 15.4. The Morgan fingerprint density at radius 1 is 1.38 bits per heavy atom. The van der Waals surface area contributed by atoms with Crippen molar-refractivity contribution < 1.29 is 9.53 Å². The van der Waals surface area contributed by atoms with Crippen LogP contribution in [0.3, 0.4) is 0 Å². The summed E-state index contributed by atoms with van der Waals surface area (Å²) in [4.78, 5) is 29.8. The number of ether oxygens (including phenoxy) is 1. The Hall–Kier alpha value is -1.86. The van der Waals surface area contributed by atoms with Crippen molar-refractivity contribution in [3.63, 3.8) is 0 Å². The second-order valence-corrected chi connectivity index (χ2v) is 8.49. The lowest BCUT2D eigenvalue weighted by molar-refractivity contribution is -0.119. The second-order valence-electron chi connectivity index (χ2n) is 7.55. The fourth-order valence-electron chi connectivity index (χ4n) is 3.00. The van der Waals surface area contributed by atoms with E-state index in [0.717, 1.165) is 19.4 Å². The number of thioether (sulfide) groups is 1. The number of nitrogens with one attached hydrogen (secondary N) is 1. The van der Waals surface area contributed by atoms with Crippen LogP contribution in [0.15, 0.2) is 34.2 Å². The maximum Gasteiger partial charge on any atom is 0.262 e. The summed E-state index contributed by atoms with van der Waals surface area (Å²) >= 11 is 1.29. The Bertz CT molecular complexity index is 851. The van der Waals surface area contributed by atoms with E-state index in [4.69, 9.17) is 4.74 Å². The van der Waals surface area contributed by atoms with Crippen LogP contribution < -0.4 is 10.9 Å². The summed E-state index contributed by atoms with van der Waals surface area (Å²) in [7, 11) is 0. The SMILES string of the molecule is CC(C)(C)NC(=O)CSc1nc2ccccc2c(=O)n1C[C@H]1CCCO1. The number of carbonyl (C=O) groups excluding carboxylic acids is 1. The Kier molecular flexibility index (Phi) is 5.67. The van der Waals surface area contributed by atoms with Crippen LogP contribution in [-0.2, 0) is 16.1 Å². The Morgan fingerprint density at radius 3 is 2.85 bits per heavy atom. The smallest absolute Gasteiger partial charge is 0.262 e. The average molecular weight is 375 g/mol. The van der Waals surface area contributed by atoms with E-state index in [1.165, 1.54) is 11.8 Å². The number of fused-ring (bicyclic) bond motifs is 1. The van der Waals surface area contributed by atoms with E-state index in [0.29, 0.717) is 22.6 Å². The molecule has 2 aromatic rings. The predicted molar refractivity (Wildman–Crippen MR) is 104 cm³/mol. The van der Waals surface area contributed by atoms with Gasteiger partial charge in [-0.15, -0.1) is 0 Å². The molecule has 1 aromatic carbocycles. The summed E-state index contributed by atoms with van der Waals surface area (Å²) < 4.78 is 7.35. The molecule has 26 heavy (non-hydrogen) atoms. The molecule has 2 heterocycles. The number of amides is 1. The predicted octanol–water partition coefficient (Wildman–Crippen LogP) is 2.58. The lowest BCUT2D eigenvalue weighted by Gasteiger charge is -2.21. The lowest BCUT2D eigenvalue weighted by atomic mass is 10.1. The number of para-hydroxylation sites is 1. The van der Waals surface area contributed by atoms with Gasteiger partial charge in [0.25, 0.3) is 5.56 Å². The van der Waals surface area contributed by atoms with Crippen LogP contribution in [0.5, 0.6) is 0 Å². The normalized spacial score (nSPS) is 17.6. The van der Waals surface area contributed by atoms with Crippen LogP contribution in [0.25, 0.3) is 10.9 Å². The summed E-state index contributed by atoms with van der Waals surface area (Å²) in [6.07, 6.45) is 1.98. The van der Waals surface area contributed by atoms with Crippen molar-refractivity contribution in [1.29, 1.82) is 0 Å². The van der Waals surface area contributed by atoms with Crippen LogP contribution in [-0.4, -0.2) is 39.5 Å². The molecule has 0 spiro atoms. The van der Waals surface area contributed by atoms with Gasteiger partial charge in [-0.1, -0.05) is 23.9 Å². The molecule has 1 aliphatic rings. The highest BCUT2D eigenvalue weighted by Gasteiger charge is 2.21. The van der Waals surface area contributed by atoms with E-state index >= 15 is 0 Å². The molecule has 1 saturated heterocycles. The summed E-state index contributed by atoms with van der Waals surface area (Å²) in [6, 6.07) is 7.31. The van der Waals surface area contributed by atoms with Gasteiger partial charge in [-0.25, -0.2) is 4.98 Å². The molecule has 0 aliphatic carbocycles. The van der Waals surface area contributed by atoms with Gasteiger partial charge < -0.3 is 10.1 Å². The minimum Gasteiger partial charge on any atom is -0.376 e. The number of hydrogen-bond donors (Lipinski definition) is 1. The molecule has 6 nitrogen and oxygen atoms in total. The maximum absolute atomic E-state index is 13.0. The highest BCUT2D eigenvalue weighted by Crippen LogP contribution is 2.21. The fourth-order valence-corrected chi connectivity index (χ4v) is 3.80. The number of hydrogen-bond acceptors (Lipinski definition) is 5. The van der Waals surface area contributed by atoms with Gasteiger partial charge in [0.15, 0.2) is 5.16 Å². The first-order valence-corrected chi connectivity index (χ1v) is 9.87. The maximum atomic E-state index is 13.0. The summed E-state index contributed by atoms with van der Waals surface area (Å²) in [5, 5.41) is 4.09. The zero-order valence-corrected chi connectivity index (χ0v) is 16.3. The Morgan fingerprint density at radius 2 is 2.15 bits per heavy atom. The van der Waals surface area contributed by atoms with Gasteiger partial charge in [-0.2, -0.15) is 0 Å². The molecule has 3 rings (SSSR count). The number of rotatable bonds is 5. The van der Waals surface area contributed by atoms with Crippen LogP contribution in [0.4, 0.5) is 0 Å². The summed E-state index contributed by atoms with van der Waals surface area (Å²) in [5.74, 6) is 0.140. The molecule has 0 saturated carbocycles. The third-order valence-electron chi connectivity index (χ3n) is 4.08. The second kappa shape index (κ2) is 7.80. The van der Waals surface area contributed by atoms with Gasteiger partial charge >= 0.3 is 0 Å². The highest BCUT2D eigenvalue weighted by molar-refractivity contribution is 7.99. The Balaban J connectivity index is 1.88. The summed E-state index contributed by atoms with van der Waals surface area (Å²) in [6.45, 7) is 7.03. The van der Waals surface area contributed by atoms with E-state index in [1.807, 2.05) is 39.0 Å². The molecule has 1 aliphatic heterocycles. The molecule has 0 radical (unpaired) electrons. The van der Waals surface area contributed by atoms with Crippen molar-refractivity contribution in [2.24, 2.45) is 0 Å². The lowest BCUT2D eigenvalue weighted by Crippen LogP contribution is -2.41. The van der Waals surface area contributed by atoms with Gasteiger partial charge in [-0.3, -0.25) is 14.2 Å². The third-order valence-corrected chi connectivity index (χ3v) is 5.06. The van der Waals surface area contributed by atoms with E-state index in [2.05, 4.69) is 10.3 Å². The number of benzene rings is 1. The largest absolute Gasteiger partial charge is 0.376 e. The molecule has 140 valence electrons. The van der Waals surface area contributed by atoms with Gasteiger partial charge in [0.05, 0.1) is 29.3 Å². The first-order valence-electron chi connectivity index (χ1n) is 8.88. The standard InChI is InChI=1S/C19H25N3O3S/c1-19(2,3)21-16(23)12-26-18-20-15-9-5-4-8-14(15)17(24)22(18)11-13-7-6-10-25-13/h4-5,8-9,13H,6-7,10-12H2,1-3H3,(H,21,23)/t13-/m1/s1. The molecule has 0 unspecified atom stereocenters. The van der Waals surface area contributed by atoms with Crippen LogP contribution in [0.1, 0.15) is 33.6 Å². The average Bonchev–Trinajstić information content (AvgIpc) is 3.07.